The number of hydrogen-bond donors (Lipinski definition) is 2. The Kier molecular flexibility index (Phi) is 7.48. The van der Waals surface area contributed by atoms with Crippen LogP contribution in [0.4, 0.5) is 5.69 Å². The van der Waals surface area contributed by atoms with Crippen LogP contribution < -0.4 is 10.6 Å². The van der Waals surface area contributed by atoms with E-state index in [0.717, 1.165) is 11.3 Å². The van der Waals surface area contributed by atoms with Gasteiger partial charge in [0.05, 0.1) is 21.9 Å². The first-order valence-electron chi connectivity index (χ1n) is 9.38. The van der Waals surface area contributed by atoms with Crippen molar-refractivity contribution in [2.75, 3.05) is 11.9 Å². The lowest BCUT2D eigenvalue weighted by Crippen LogP contribution is -2.24. The lowest BCUT2D eigenvalue weighted by molar-refractivity contribution is 0.0953. The summed E-state index contributed by atoms with van der Waals surface area (Å²) < 4.78 is 4.97. The molecule has 1 aromatic heterocycles. The molecule has 3 aromatic rings. The van der Waals surface area contributed by atoms with E-state index in [4.69, 9.17) is 16.1 Å². The summed E-state index contributed by atoms with van der Waals surface area (Å²) >= 11 is 7.69. The number of rotatable bonds is 8. The van der Waals surface area contributed by atoms with E-state index < -0.39 is 0 Å². The van der Waals surface area contributed by atoms with Gasteiger partial charge in [-0.05, 0) is 36.8 Å². The maximum absolute atomic E-state index is 12.8. The molecule has 2 aromatic carbocycles. The number of aromatic nitrogens is 2. The molecular weight excluding hydrogens is 424 g/mol. The highest BCUT2D eigenvalue weighted by atomic mass is 35.5. The maximum Gasteiger partial charge on any atom is 0.256 e. The highest BCUT2D eigenvalue weighted by Crippen LogP contribution is 2.27. The second-order valence-corrected chi connectivity index (χ2v) is 7.84. The molecule has 2 N–H and O–H groups in total. The Balaban J connectivity index is 1.70. The number of benzene rings is 2. The summed E-state index contributed by atoms with van der Waals surface area (Å²) in [6, 6.07) is 12.1. The number of carbonyl (C=O) groups excluding carboxylic acids is 2. The average Bonchev–Trinajstić information content (AvgIpc) is 3.16. The molecule has 0 aliphatic rings. The maximum atomic E-state index is 12.8. The van der Waals surface area contributed by atoms with Crippen molar-refractivity contribution in [2.24, 2.45) is 0 Å². The number of nitrogens with zero attached hydrogens (tertiary/aromatic N) is 2. The lowest BCUT2D eigenvalue weighted by Gasteiger charge is -2.11. The molecule has 0 aliphatic carbocycles. The number of nitrogens with one attached hydrogen (secondary N) is 2. The van der Waals surface area contributed by atoms with E-state index in [-0.39, 0.29) is 16.8 Å². The molecule has 0 saturated heterocycles. The standard InChI is InChI=1S/C21H21ClN4O3S/c1-3-10-23-20(27)15-9-8-14(11-17(15)22)25-21(28)16-6-4-5-7-18(16)30-12-19-24-13(2)29-26-19/h4-9,11H,3,10,12H2,1-2H3,(H,23,27)(H,25,28). The van der Waals surface area contributed by atoms with E-state index in [1.165, 1.54) is 11.8 Å². The third-order valence-electron chi connectivity index (χ3n) is 4.07. The van der Waals surface area contributed by atoms with E-state index in [0.29, 0.717) is 40.8 Å². The molecule has 0 saturated carbocycles. The largest absolute Gasteiger partial charge is 0.352 e. The molecule has 0 aliphatic heterocycles. The van der Waals surface area contributed by atoms with Gasteiger partial charge >= 0.3 is 0 Å². The van der Waals surface area contributed by atoms with Crippen molar-refractivity contribution < 1.29 is 14.1 Å². The smallest absolute Gasteiger partial charge is 0.256 e. The zero-order chi connectivity index (χ0) is 21.5. The molecule has 7 nitrogen and oxygen atoms in total. The van der Waals surface area contributed by atoms with Crippen LogP contribution in [0.1, 0.15) is 45.8 Å². The Morgan fingerprint density at radius 3 is 2.63 bits per heavy atom. The lowest BCUT2D eigenvalue weighted by atomic mass is 10.1. The van der Waals surface area contributed by atoms with Gasteiger partial charge in [-0.3, -0.25) is 9.59 Å². The van der Waals surface area contributed by atoms with Crippen molar-refractivity contribution >= 4 is 40.9 Å². The fourth-order valence-corrected chi connectivity index (χ4v) is 3.79. The second-order valence-electron chi connectivity index (χ2n) is 6.42. The van der Waals surface area contributed by atoms with Crippen LogP contribution in [-0.2, 0) is 5.75 Å². The van der Waals surface area contributed by atoms with E-state index in [1.54, 1.807) is 37.3 Å². The number of hydrogen-bond acceptors (Lipinski definition) is 6. The van der Waals surface area contributed by atoms with Gasteiger partial charge in [-0.25, -0.2) is 0 Å². The zero-order valence-corrected chi connectivity index (χ0v) is 18.1. The molecule has 156 valence electrons. The van der Waals surface area contributed by atoms with Crippen LogP contribution in [0.3, 0.4) is 0 Å². The average molecular weight is 445 g/mol. The Morgan fingerprint density at radius 2 is 1.93 bits per heavy atom. The van der Waals surface area contributed by atoms with Crippen LogP contribution in [-0.4, -0.2) is 28.5 Å². The first kappa shape index (κ1) is 21.9. The first-order chi connectivity index (χ1) is 14.5. The van der Waals surface area contributed by atoms with Crippen molar-refractivity contribution in [1.82, 2.24) is 15.5 Å². The molecule has 0 unspecified atom stereocenters. The zero-order valence-electron chi connectivity index (χ0n) is 16.6. The van der Waals surface area contributed by atoms with Gasteiger partial charge in [0, 0.05) is 24.1 Å². The van der Waals surface area contributed by atoms with E-state index in [9.17, 15) is 9.59 Å². The molecule has 9 heteroatoms. The highest BCUT2D eigenvalue weighted by Gasteiger charge is 2.15. The third kappa shape index (κ3) is 5.61. The van der Waals surface area contributed by atoms with Crippen LogP contribution in [0.15, 0.2) is 51.9 Å². The van der Waals surface area contributed by atoms with Gasteiger partial charge in [0.2, 0.25) is 5.89 Å². The van der Waals surface area contributed by atoms with Crippen LogP contribution in [0.25, 0.3) is 0 Å². The molecule has 2 amide bonds. The van der Waals surface area contributed by atoms with Gasteiger partial charge in [0.25, 0.3) is 11.8 Å². The summed E-state index contributed by atoms with van der Waals surface area (Å²) in [6.45, 7) is 4.28. The summed E-state index contributed by atoms with van der Waals surface area (Å²) in [4.78, 5) is 29.9. The van der Waals surface area contributed by atoms with Gasteiger partial charge in [0.15, 0.2) is 5.82 Å². The number of halogens is 1. The van der Waals surface area contributed by atoms with E-state index in [2.05, 4.69) is 20.8 Å². The minimum absolute atomic E-state index is 0.238. The summed E-state index contributed by atoms with van der Waals surface area (Å²) in [6.07, 6.45) is 0.835. The summed E-state index contributed by atoms with van der Waals surface area (Å²) in [5, 5.41) is 9.76. The number of carbonyl (C=O) groups is 2. The quantitative estimate of drug-likeness (QED) is 0.488. The topological polar surface area (TPSA) is 97.1 Å². The summed E-state index contributed by atoms with van der Waals surface area (Å²) in [5.41, 5.74) is 1.39. The van der Waals surface area contributed by atoms with E-state index in [1.807, 2.05) is 19.1 Å². The van der Waals surface area contributed by atoms with Crippen molar-refractivity contribution in [3.05, 3.63) is 70.3 Å². The molecular formula is C21H21ClN4O3S. The molecule has 0 atom stereocenters. The molecule has 0 bridgehead atoms. The predicted octanol–water partition coefficient (Wildman–Crippen LogP) is 4.72. The Labute approximate surface area is 183 Å². The predicted molar refractivity (Wildman–Crippen MR) is 117 cm³/mol. The fourth-order valence-electron chi connectivity index (χ4n) is 2.63. The monoisotopic (exact) mass is 444 g/mol. The third-order valence-corrected chi connectivity index (χ3v) is 5.45. The van der Waals surface area contributed by atoms with Crippen molar-refractivity contribution in [2.45, 2.75) is 30.9 Å². The number of amides is 2. The van der Waals surface area contributed by atoms with Crippen molar-refractivity contribution in [1.29, 1.82) is 0 Å². The number of aryl methyl sites for hydroxylation is 1. The summed E-state index contributed by atoms with van der Waals surface area (Å²) in [5.74, 6) is 1.03. The second kappa shape index (κ2) is 10.3. The van der Waals surface area contributed by atoms with Crippen molar-refractivity contribution in [3.63, 3.8) is 0 Å². The number of thioether (sulfide) groups is 1. The van der Waals surface area contributed by atoms with Gasteiger partial charge in [-0.1, -0.05) is 35.8 Å². The Hall–Kier alpha value is -2.84. The minimum atomic E-state index is -0.276. The van der Waals surface area contributed by atoms with Gasteiger partial charge in [-0.15, -0.1) is 11.8 Å². The van der Waals surface area contributed by atoms with Crippen LogP contribution in [0.5, 0.6) is 0 Å². The van der Waals surface area contributed by atoms with Crippen LogP contribution >= 0.6 is 23.4 Å². The minimum Gasteiger partial charge on any atom is -0.352 e. The van der Waals surface area contributed by atoms with Crippen LogP contribution in [0.2, 0.25) is 5.02 Å². The Bertz CT molecular complexity index is 1050. The SMILES string of the molecule is CCCNC(=O)c1ccc(NC(=O)c2ccccc2SCc2noc(C)n2)cc1Cl. The molecule has 1 heterocycles. The summed E-state index contributed by atoms with van der Waals surface area (Å²) in [7, 11) is 0. The first-order valence-corrected chi connectivity index (χ1v) is 10.7. The van der Waals surface area contributed by atoms with Crippen molar-refractivity contribution in [3.8, 4) is 0 Å². The van der Waals surface area contributed by atoms with E-state index >= 15 is 0 Å². The van der Waals surface area contributed by atoms with Gasteiger partial charge in [0.1, 0.15) is 0 Å². The normalized spacial score (nSPS) is 10.6. The van der Waals surface area contributed by atoms with Gasteiger partial charge < -0.3 is 15.2 Å². The molecule has 0 radical (unpaired) electrons. The highest BCUT2D eigenvalue weighted by molar-refractivity contribution is 7.98. The Morgan fingerprint density at radius 1 is 1.13 bits per heavy atom. The number of anilines is 1. The molecule has 0 fully saturated rings. The molecule has 30 heavy (non-hydrogen) atoms. The fraction of sp³-hybridized carbons (Fsp3) is 0.238. The van der Waals surface area contributed by atoms with Crippen LogP contribution in [0, 0.1) is 6.92 Å². The van der Waals surface area contributed by atoms with Gasteiger partial charge in [-0.2, -0.15) is 4.98 Å². The molecule has 0 spiro atoms. The molecule has 3 rings (SSSR count).